The molecule has 2 aromatic rings. The molecule has 29 heavy (non-hydrogen) atoms. The second-order valence-corrected chi connectivity index (χ2v) is 7.94. The van der Waals surface area contributed by atoms with Crippen LogP contribution in [0.5, 0.6) is 0 Å². The van der Waals surface area contributed by atoms with Crippen LogP contribution in [0.4, 0.5) is 5.82 Å². The Hall–Kier alpha value is -2.68. The molecule has 0 radical (unpaired) electrons. The molecule has 156 valence electrons. The summed E-state index contributed by atoms with van der Waals surface area (Å²) in [6.45, 7) is 6.25. The number of aromatic nitrogens is 3. The molecule has 1 N–H and O–H groups in total. The third kappa shape index (κ3) is 4.34. The first kappa shape index (κ1) is 19.6. The predicted octanol–water partition coefficient (Wildman–Crippen LogP) is 1.07. The van der Waals surface area contributed by atoms with Crippen molar-refractivity contribution in [2.75, 3.05) is 31.1 Å². The molecule has 0 unspecified atom stereocenters. The van der Waals surface area contributed by atoms with Crippen molar-refractivity contribution in [3.63, 3.8) is 0 Å². The third-order valence-electron chi connectivity index (χ3n) is 5.88. The molecule has 0 saturated carbocycles. The van der Waals surface area contributed by atoms with Crippen LogP contribution in [-0.2, 0) is 13.6 Å². The number of piperidine rings is 1. The Morgan fingerprint density at radius 1 is 1.21 bits per heavy atom. The molecule has 0 aliphatic carbocycles. The number of aryl methyl sites for hydroxylation is 2. The van der Waals surface area contributed by atoms with Crippen LogP contribution in [0.3, 0.4) is 0 Å². The van der Waals surface area contributed by atoms with Crippen molar-refractivity contribution in [2.24, 2.45) is 7.05 Å². The van der Waals surface area contributed by atoms with E-state index >= 15 is 0 Å². The molecular formula is C20H28N6O3. The summed E-state index contributed by atoms with van der Waals surface area (Å²) in [5, 5.41) is 11.5. The lowest BCUT2D eigenvalue weighted by atomic mass is 10.0. The zero-order valence-electron chi connectivity index (χ0n) is 17.1. The Balaban J connectivity index is 1.35. The zero-order valence-corrected chi connectivity index (χ0v) is 17.1. The maximum Gasteiger partial charge on any atom is 0.274 e. The minimum Gasteiger partial charge on any atom is -0.361 e. The largest absolute Gasteiger partial charge is 0.361 e. The summed E-state index contributed by atoms with van der Waals surface area (Å²) >= 11 is 0. The van der Waals surface area contributed by atoms with E-state index in [1.807, 2.05) is 6.92 Å². The van der Waals surface area contributed by atoms with Gasteiger partial charge in [-0.1, -0.05) is 5.16 Å². The normalized spacial score (nSPS) is 18.3. The maximum atomic E-state index is 12.8. The summed E-state index contributed by atoms with van der Waals surface area (Å²) in [5.41, 5.74) is 1.19. The van der Waals surface area contributed by atoms with E-state index in [1.54, 1.807) is 13.1 Å². The first-order valence-corrected chi connectivity index (χ1v) is 10.3. The van der Waals surface area contributed by atoms with E-state index in [1.165, 1.54) is 23.6 Å². The average molecular weight is 400 g/mol. The summed E-state index contributed by atoms with van der Waals surface area (Å²) < 4.78 is 6.68. The monoisotopic (exact) mass is 400 g/mol. The van der Waals surface area contributed by atoms with E-state index in [2.05, 4.69) is 25.4 Å². The van der Waals surface area contributed by atoms with E-state index in [-0.39, 0.29) is 17.5 Å². The Morgan fingerprint density at radius 3 is 2.62 bits per heavy atom. The first-order chi connectivity index (χ1) is 14.0. The van der Waals surface area contributed by atoms with Crippen LogP contribution in [0, 0.1) is 6.92 Å². The molecule has 0 bridgehead atoms. The molecule has 9 nitrogen and oxygen atoms in total. The molecule has 4 rings (SSSR count). The van der Waals surface area contributed by atoms with Crippen molar-refractivity contribution in [1.29, 1.82) is 0 Å². The number of carbonyl (C=O) groups excluding carboxylic acids is 1. The van der Waals surface area contributed by atoms with Crippen molar-refractivity contribution in [3.05, 3.63) is 39.5 Å². The van der Waals surface area contributed by atoms with Gasteiger partial charge in [0.25, 0.3) is 11.5 Å². The number of hydrogen-bond acceptors (Lipinski definition) is 7. The van der Waals surface area contributed by atoms with Crippen LogP contribution in [0.2, 0.25) is 0 Å². The molecule has 9 heteroatoms. The van der Waals surface area contributed by atoms with E-state index in [0.717, 1.165) is 62.7 Å². The van der Waals surface area contributed by atoms with E-state index in [4.69, 9.17) is 4.52 Å². The van der Waals surface area contributed by atoms with Gasteiger partial charge in [0.15, 0.2) is 5.69 Å². The second-order valence-electron chi connectivity index (χ2n) is 7.94. The van der Waals surface area contributed by atoms with Crippen molar-refractivity contribution in [1.82, 2.24) is 25.2 Å². The number of anilines is 1. The molecule has 1 amide bonds. The molecule has 0 spiro atoms. The fourth-order valence-corrected chi connectivity index (χ4v) is 4.09. The highest BCUT2D eigenvalue weighted by Gasteiger charge is 2.27. The zero-order chi connectivity index (χ0) is 20.4. The van der Waals surface area contributed by atoms with E-state index < -0.39 is 0 Å². The lowest BCUT2D eigenvalue weighted by Crippen LogP contribution is -2.45. The lowest BCUT2D eigenvalue weighted by molar-refractivity contribution is 0.0920. The van der Waals surface area contributed by atoms with Crippen LogP contribution in [0.1, 0.15) is 47.5 Å². The molecule has 2 aliphatic heterocycles. The SMILES string of the molecule is Cc1onc(C(=O)NC2CCN(c3ccc(=O)n(C)n3)CC2)c1CN1CCCC1. The Kier molecular flexibility index (Phi) is 5.66. The Bertz CT molecular complexity index is 923. The summed E-state index contributed by atoms with van der Waals surface area (Å²) in [7, 11) is 1.65. The highest BCUT2D eigenvalue weighted by atomic mass is 16.5. The Labute approximate surface area is 169 Å². The molecule has 0 atom stereocenters. The van der Waals surface area contributed by atoms with Crippen LogP contribution in [-0.4, -0.2) is 58.0 Å². The smallest absolute Gasteiger partial charge is 0.274 e. The minimum absolute atomic E-state index is 0.0860. The fraction of sp³-hybridized carbons (Fsp3) is 0.600. The number of hydrogen-bond donors (Lipinski definition) is 1. The topological polar surface area (TPSA) is 96.5 Å². The molecule has 0 aromatic carbocycles. The van der Waals surface area contributed by atoms with Crippen molar-refractivity contribution >= 4 is 11.7 Å². The van der Waals surface area contributed by atoms with Gasteiger partial charge >= 0.3 is 0 Å². The first-order valence-electron chi connectivity index (χ1n) is 10.3. The number of carbonyl (C=O) groups is 1. The maximum absolute atomic E-state index is 12.8. The summed E-state index contributed by atoms with van der Waals surface area (Å²) in [6.07, 6.45) is 4.03. The highest BCUT2D eigenvalue weighted by molar-refractivity contribution is 5.94. The molecular weight excluding hydrogens is 372 g/mol. The van der Waals surface area contributed by atoms with Gasteiger partial charge in [0.1, 0.15) is 11.6 Å². The molecule has 2 fully saturated rings. The van der Waals surface area contributed by atoms with Gasteiger partial charge in [-0.25, -0.2) is 4.68 Å². The van der Waals surface area contributed by atoms with E-state index in [9.17, 15) is 9.59 Å². The molecule has 2 aromatic heterocycles. The number of nitrogens with one attached hydrogen (secondary N) is 1. The van der Waals surface area contributed by atoms with Gasteiger partial charge in [-0.15, -0.1) is 0 Å². The average Bonchev–Trinajstić information content (AvgIpc) is 3.35. The van der Waals surface area contributed by atoms with Crippen molar-refractivity contribution in [2.45, 2.75) is 45.2 Å². The van der Waals surface area contributed by atoms with Gasteiger partial charge in [-0.05, 0) is 51.8 Å². The van der Waals surface area contributed by atoms with Gasteiger partial charge in [0.2, 0.25) is 0 Å². The summed E-state index contributed by atoms with van der Waals surface area (Å²) in [6, 6.07) is 3.37. The van der Waals surface area contributed by atoms with Gasteiger partial charge in [-0.2, -0.15) is 5.10 Å². The third-order valence-corrected chi connectivity index (χ3v) is 5.88. The lowest BCUT2D eigenvalue weighted by Gasteiger charge is -2.33. The Morgan fingerprint density at radius 2 is 1.93 bits per heavy atom. The second kappa shape index (κ2) is 8.36. The van der Waals surface area contributed by atoms with E-state index in [0.29, 0.717) is 5.69 Å². The van der Waals surface area contributed by atoms with Crippen LogP contribution < -0.4 is 15.8 Å². The van der Waals surface area contributed by atoms with Crippen LogP contribution in [0.25, 0.3) is 0 Å². The summed E-state index contributed by atoms with van der Waals surface area (Å²) in [4.78, 5) is 28.8. The predicted molar refractivity (Wildman–Crippen MR) is 108 cm³/mol. The molecule has 2 saturated heterocycles. The minimum atomic E-state index is -0.158. The fourth-order valence-electron chi connectivity index (χ4n) is 4.09. The molecule has 2 aliphatic rings. The van der Waals surface area contributed by atoms with Crippen molar-refractivity contribution in [3.8, 4) is 0 Å². The highest BCUT2D eigenvalue weighted by Crippen LogP contribution is 2.21. The van der Waals surface area contributed by atoms with Crippen LogP contribution >= 0.6 is 0 Å². The quantitative estimate of drug-likeness (QED) is 0.802. The van der Waals surface area contributed by atoms with Crippen LogP contribution in [0.15, 0.2) is 21.5 Å². The number of nitrogens with zero attached hydrogens (tertiary/aromatic N) is 5. The van der Waals surface area contributed by atoms with Crippen molar-refractivity contribution < 1.29 is 9.32 Å². The number of amides is 1. The van der Waals surface area contributed by atoms with Gasteiger partial charge in [-0.3, -0.25) is 14.5 Å². The summed E-state index contributed by atoms with van der Waals surface area (Å²) in [5.74, 6) is 1.35. The number of likely N-dealkylation sites (tertiary alicyclic amines) is 1. The number of rotatable bonds is 5. The molecule has 4 heterocycles. The standard InChI is InChI=1S/C20H28N6O3/c1-14-16(13-25-9-3-4-10-25)19(23-29-14)20(28)21-15-7-11-26(12-8-15)17-5-6-18(27)24(2)22-17/h5-6,15H,3-4,7-13H2,1-2H3,(H,21,28). The van der Waals surface area contributed by atoms with Gasteiger partial charge in [0.05, 0.1) is 0 Å². The van der Waals surface area contributed by atoms with Gasteiger partial charge in [0, 0.05) is 44.4 Å². The van der Waals surface area contributed by atoms with Gasteiger partial charge < -0.3 is 14.7 Å².